The molecule has 21 heavy (non-hydrogen) atoms. The second kappa shape index (κ2) is 6.77. The molecule has 2 nitrogen and oxygen atoms in total. The van der Waals surface area contributed by atoms with E-state index >= 15 is 0 Å². The molecule has 0 saturated carbocycles. The SMILES string of the molecule is CCc1ccc(N(C)CC(O)c2ccc(C)cc2C)cc1. The van der Waals surface area contributed by atoms with Crippen LogP contribution < -0.4 is 4.90 Å². The van der Waals surface area contributed by atoms with Crippen LogP contribution in [-0.2, 0) is 6.42 Å². The molecule has 2 heteroatoms. The molecule has 2 aromatic rings. The van der Waals surface area contributed by atoms with Crippen molar-refractivity contribution in [2.45, 2.75) is 33.3 Å². The summed E-state index contributed by atoms with van der Waals surface area (Å²) in [6, 6.07) is 14.7. The fourth-order valence-electron chi connectivity index (χ4n) is 2.65. The average Bonchev–Trinajstić information content (AvgIpc) is 2.47. The highest BCUT2D eigenvalue weighted by Gasteiger charge is 2.13. The molecule has 0 aliphatic heterocycles. The van der Waals surface area contributed by atoms with Gasteiger partial charge in [-0.25, -0.2) is 0 Å². The van der Waals surface area contributed by atoms with E-state index in [-0.39, 0.29) is 0 Å². The number of benzene rings is 2. The Kier molecular flexibility index (Phi) is 5.03. The van der Waals surface area contributed by atoms with Crippen molar-refractivity contribution < 1.29 is 5.11 Å². The summed E-state index contributed by atoms with van der Waals surface area (Å²) in [6.45, 7) is 6.88. The minimum Gasteiger partial charge on any atom is -0.387 e. The number of rotatable bonds is 5. The number of likely N-dealkylation sites (N-methyl/N-ethyl adjacent to an activating group) is 1. The van der Waals surface area contributed by atoms with E-state index in [1.165, 1.54) is 11.1 Å². The zero-order chi connectivity index (χ0) is 15.4. The monoisotopic (exact) mass is 283 g/mol. The van der Waals surface area contributed by atoms with Gasteiger partial charge in [-0.2, -0.15) is 0 Å². The Labute approximate surface area is 128 Å². The standard InChI is InChI=1S/C19H25NO/c1-5-16-7-9-17(10-8-16)20(4)13-19(21)18-11-6-14(2)12-15(18)3/h6-12,19,21H,5,13H2,1-4H3. The molecule has 2 rings (SSSR count). The second-order valence-corrected chi connectivity index (χ2v) is 5.78. The van der Waals surface area contributed by atoms with Crippen LogP contribution in [0.5, 0.6) is 0 Å². The smallest absolute Gasteiger partial charge is 0.0967 e. The van der Waals surface area contributed by atoms with Crippen molar-refractivity contribution in [3.8, 4) is 0 Å². The number of hydrogen-bond donors (Lipinski definition) is 1. The van der Waals surface area contributed by atoms with E-state index in [4.69, 9.17) is 0 Å². The summed E-state index contributed by atoms with van der Waals surface area (Å²) in [6.07, 6.45) is 0.580. The lowest BCUT2D eigenvalue weighted by Gasteiger charge is -2.24. The topological polar surface area (TPSA) is 23.5 Å². The first-order valence-electron chi connectivity index (χ1n) is 7.56. The van der Waals surface area contributed by atoms with Gasteiger partial charge in [-0.05, 0) is 49.1 Å². The Morgan fingerprint density at radius 3 is 2.29 bits per heavy atom. The van der Waals surface area contributed by atoms with Crippen LogP contribution in [-0.4, -0.2) is 18.7 Å². The van der Waals surface area contributed by atoms with Crippen LogP contribution in [0, 0.1) is 13.8 Å². The van der Waals surface area contributed by atoms with Gasteiger partial charge in [0, 0.05) is 19.3 Å². The van der Waals surface area contributed by atoms with Crippen molar-refractivity contribution in [1.29, 1.82) is 0 Å². The first-order valence-corrected chi connectivity index (χ1v) is 7.56. The summed E-state index contributed by atoms with van der Waals surface area (Å²) in [4.78, 5) is 2.10. The van der Waals surface area contributed by atoms with Crippen molar-refractivity contribution in [1.82, 2.24) is 0 Å². The van der Waals surface area contributed by atoms with Crippen molar-refractivity contribution in [3.05, 3.63) is 64.7 Å². The van der Waals surface area contributed by atoms with Gasteiger partial charge in [0.25, 0.3) is 0 Å². The molecular formula is C19H25NO. The van der Waals surface area contributed by atoms with Crippen LogP contribution in [0.1, 0.15) is 35.3 Å². The summed E-state index contributed by atoms with van der Waals surface area (Å²) in [5, 5.41) is 10.5. The van der Waals surface area contributed by atoms with Gasteiger partial charge in [-0.1, -0.05) is 42.8 Å². The molecule has 1 unspecified atom stereocenters. The molecule has 0 fully saturated rings. The molecular weight excluding hydrogens is 258 g/mol. The summed E-state index contributed by atoms with van der Waals surface area (Å²) in [7, 11) is 2.02. The van der Waals surface area contributed by atoms with E-state index in [1.54, 1.807) is 0 Å². The first kappa shape index (κ1) is 15.6. The fraction of sp³-hybridized carbons (Fsp3) is 0.368. The lowest BCUT2D eigenvalue weighted by molar-refractivity contribution is 0.184. The zero-order valence-corrected chi connectivity index (χ0v) is 13.4. The number of nitrogens with zero attached hydrogens (tertiary/aromatic N) is 1. The predicted molar refractivity (Wildman–Crippen MR) is 90.0 cm³/mol. The van der Waals surface area contributed by atoms with Gasteiger partial charge < -0.3 is 10.0 Å². The van der Waals surface area contributed by atoms with Crippen LogP contribution in [0.2, 0.25) is 0 Å². The molecule has 0 radical (unpaired) electrons. The molecule has 0 spiro atoms. The van der Waals surface area contributed by atoms with Crippen LogP contribution in [0.4, 0.5) is 5.69 Å². The van der Waals surface area contributed by atoms with Crippen LogP contribution in [0.15, 0.2) is 42.5 Å². The largest absolute Gasteiger partial charge is 0.387 e. The normalized spacial score (nSPS) is 12.2. The van der Waals surface area contributed by atoms with E-state index in [9.17, 15) is 5.11 Å². The number of aliphatic hydroxyl groups is 1. The van der Waals surface area contributed by atoms with Gasteiger partial charge in [-0.3, -0.25) is 0 Å². The predicted octanol–water partition coefficient (Wildman–Crippen LogP) is 4.04. The molecule has 0 heterocycles. The molecule has 0 amide bonds. The Bertz CT molecular complexity index is 589. The molecule has 2 aromatic carbocycles. The lowest BCUT2D eigenvalue weighted by Crippen LogP contribution is -2.24. The van der Waals surface area contributed by atoms with Gasteiger partial charge in [0.05, 0.1) is 6.10 Å². The van der Waals surface area contributed by atoms with Crippen molar-refractivity contribution in [2.24, 2.45) is 0 Å². The van der Waals surface area contributed by atoms with Gasteiger partial charge in [-0.15, -0.1) is 0 Å². The van der Waals surface area contributed by atoms with Gasteiger partial charge in [0.15, 0.2) is 0 Å². The minimum atomic E-state index is -0.471. The summed E-state index contributed by atoms with van der Waals surface area (Å²) in [5.74, 6) is 0. The molecule has 0 bridgehead atoms. The fourth-order valence-corrected chi connectivity index (χ4v) is 2.65. The minimum absolute atomic E-state index is 0.471. The molecule has 112 valence electrons. The number of aliphatic hydroxyl groups excluding tert-OH is 1. The molecule has 0 aliphatic carbocycles. The Hall–Kier alpha value is -1.80. The third kappa shape index (κ3) is 3.85. The van der Waals surface area contributed by atoms with E-state index in [0.29, 0.717) is 6.54 Å². The third-order valence-electron chi connectivity index (χ3n) is 4.02. The molecule has 0 saturated heterocycles. The molecule has 0 aromatic heterocycles. The maximum Gasteiger partial charge on any atom is 0.0967 e. The maximum absolute atomic E-state index is 10.5. The summed E-state index contributed by atoms with van der Waals surface area (Å²) in [5.41, 5.74) is 5.86. The highest BCUT2D eigenvalue weighted by atomic mass is 16.3. The second-order valence-electron chi connectivity index (χ2n) is 5.78. The van der Waals surface area contributed by atoms with Crippen LogP contribution in [0.25, 0.3) is 0 Å². The van der Waals surface area contributed by atoms with E-state index in [0.717, 1.165) is 23.2 Å². The number of anilines is 1. The van der Waals surface area contributed by atoms with Gasteiger partial charge in [0.1, 0.15) is 0 Å². The average molecular weight is 283 g/mol. The zero-order valence-electron chi connectivity index (χ0n) is 13.4. The van der Waals surface area contributed by atoms with Gasteiger partial charge >= 0.3 is 0 Å². The van der Waals surface area contributed by atoms with E-state index < -0.39 is 6.10 Å². The summed E-state index contributed by atoms with van der Waals surface area (Å²) >= 11 is 0. The Morgan fingerprint density at radius 1 is 1.05 bits per heavy atom. The Balaban J connectivity index is 2.08. The van der Waals surface area contributed by atoms with Crippen LogP contribution in [0.3, 0.4) is 0 Å². The highest BCUT2D eigenvalue weighted by molar-refractivity contribution is 5.47. The third-order valence-corrected chi connectivity index (χ3v) is 4.02. The van der Waals surface area contributed by atoms with Crippen molar-refractivity contribution >= 4 is 5.69 Å². The van der Waals surface area contributed by atoms with Crippen LogP contribution >= 0.6 is 0 Å². The molecule has 0 aliphatic rings. The van der Waals surface area contributed by atoms with Crippen molar-refractivity contribution in [3.63, 3.8) is 0 Å². The maximum atomic E-state index is 10.5. The van der Waals surface area contributed by atoms with Crippen molar-refractivity contribution in [2.75, 3.05) is 18.5 Å². The lowest BCUT2D eigenvalue weighted by atomic mass is 10.0. The quantitative estimate of drug-likeness (QED) is 0.895. The first-order chi connectivity index (χ1) is 10.0. The highest BCUT2D eigenvalue weighted by Crippen LogP contribution is 2.22. The molecule has 1 N–H and O–H groups in total. The van der Waals surface area contributed by atoms with E-state index in [1.807, 2.05) is 13.1 Å². The van der Waals surface area contributed by atoms with Gasteiger partial charge in [0.2, 0.25) is 0 Å². The number of hydrogen-bond acceptors (Lipinski definition) is 2. The number of aryl methyl sites for hydroxylation is 3. The molecule has 1 atom stereocenters. The summed E-state index contributed by atoms with van der Waals surface area (Å²) < 4.78 is 0. The van der Waals surface area contributed by atoms with E-state index in [2.05, 4.69) is 62.1 Å². The Morgan fingerprint density at radius 2 is 1.71 bits per heavy atom.